The molecule has 1 heterocycles. The lowest BCUT2D eigenvalue weighted by Gasteiger charge is -2.01. The average Bonchev–Trinajstić information content (AvgIpc) is 2.16. The molecule has 1 N–H and O–H groups in total. The molecule has 0 atom stereocenters. The number of phenolic OH excluding ortho intramolecular Hbond substituents is 1. The van der Waals surface area contributed by atoms with Crippen LogP contribution >= 0.6 is 11.6 Å². The van der Waals surface area contributed by atoms with E-state index in [0.717, 1.165) is 5.39 Å². The van der Waals surface area contributed by atoms with E-state index in [1.807, 2.05) is 0 Å². The van der Waals surface area contributed by atoms with Crippen molar-refractivity contribution < 1.29 is 9.90 Å². The highest BCUT2D eigenvalue weighted by atomic mass is 35.5. The van der Waals surface area contributed by atoms with E-state index in [1.165, 1.54) is 12.1 Å². The van der Waals surface area contributed by atoms with Crippen molar-refractivity contribution in [1.82, 2.24) is 4.98 Å². The van der Waals surface area contributed by atoms with Gasteiger partial charge in [-0.1, -0.05) is 6.07 Å². The van der Waals surface area contributed by atoms with Crippen LogP contribution in [-0.2, 0) is 0 Å². The van der Waals surface area contributed by atoms with E-state index in [2.05, 4.69) is 4.98 Å². The molecule has 0 fully saturated rings. The lowest BCUT2D eigenvalue weighted by atomic mass is 10.1. The largest absolute Gasteiger partial charge is 0.507 e. The van der Waals surface area contributed by atoms with Crippen molar-refractivity contribution in [3.63, 3.8) is 0 Å². The Kier molecular flexibility index (Phi) is 2.09. The van der Waals surface area contributed by atoms with Crippen LogP contribution in [0, 0.1) is 0 Å². The average molecular weight is 208 g/mol. The van der Waals surface area contributed by atoms with Gasteiger partial charge < -0.3 is 5.11 Å². The van der Waals surface area contributed by atoms with Gasteiger partial charge in [-0.3, -0.25) is 9.78 Å². The molecule has 4 heteroatoms. The van der Waals surface area contributed by atoms with Crippen LogP contribution in [0.3, 0.4) is 0 Å². The Morgan fingerprint density at radius 3 is 2.93 bits per heavy atom. The maximum absolute atomic E-state index is 10.9. The molecule has 1 aromatic carbocycles. The number of hydrogen-bond donors (Lipinski definition) is 1. The summed E-state index contributed by atoms with van der Waals surface area (Å²) < 4.78 is 0. The zero-order valence-electron chi connectivity index (χ0n) is 7.07. The molecule has 14 heavy (non-hydrogen) atoms. The molecular weight excluding hydrogens is 202 g/mol. The zero-order valence-corrected chi connectivity index (χ0v) is 7.82. The first kappa shape index (κ1) is 8.97. The zero-order chi connectivity index (χ0) is 10.1. The normalized spacial score (nSPS) is 10.4. The molecule has 0 amide bonds. The first-order valence-corrected chi connectivity index (χ1v) is 4.34. The molecule has 0 radical (unpaired) electrons. The fourth-order valence-electron chi connectivity index (χ4n) is 1.27. The second-order valence-electron chi connectivity index (χ2n) is 2.84. The summed E-state index contributed by atoms with van der Waals surface area (Å²) in [6, 6.07) is 6.49. The van der Waals surface area contributed by atoms with E-state index in [1.54, 1.807) is 18.3 Å². The van der Waals surface area contributed by atoms with Crippen molar-refractivity contribution in [1.29, 1.82) is 0 Å². The van der Waals surface area contributed by atoms with Crippen molar-refractivity contribution in [2.75, 3.05) is 0 Å². The number of aromatic nitrogens is 1. The van der Waals surface area contributed by atoms with Gasteiger partial charge in [0, 0.05) is 11.6 Å². The van der Waals surface area contributed by atoms with Crippen LogP contribution in [0.1, 0.15) is 10.4 Å². The topological polar surface area (TPSA) is 50.2 Å². The monoisotopic (exact) mass is 207 g/mol. The van der Waals surface area contributed by atoms with Crippen molar-refractivity contribution in [3.8, 4) is 5.75 Å². The Balaban J connectivity index is 2.77. The fraction of sp³-hybridized carbons (Fsp3) is 0. The minimum absolute atomic E-state index is 0.0814. The number of halogens is 1. The number of phenols is 1. The number of aromatic hydroxyl groups is 1. The van der Waals surface area contributed by atoms with Crippen LogP contribution in [0.25, 0.3) is 10.9 Å². The summed E-state index contributed by atoms with van der Waals surface area (Å²) in [6.07, 6.45) is 1.61. The predicted molar refractivity (Wildman–Crippen MR) is 53.6 cm³/mol. The Labute approximate surface area is 85.0 Å². The van der Waals surface area contributed by atoms with E-state index >= 15 is 0 Å². The quantitative estimate of drug-likeness (QED) is 0.731. The number of carbonyl (C=O) groups excluding carboxylic acids is 1. The SMILES string of the molecule is O=C(Cl)c1cc2ncccc2cc1O. The van der Waals surface area contributed by atoms with Crippen molar-refractivity contribution in [2.45, 2.75) is 0 Å². The van der Waals surface area contributed by atoms with E-state index in [4.69, 9.17) is 11.6 Å². The highest BCUT2D eigenvalue weighted by Gasteiger charge is 2.09. The molecule has 0 aliphatic carbocycles. The van der Waals surface area contributed by atoms with Gasteiger partial charge in [0.1, 0.15) is 5.75 Å². The third-order valence-corrected chi connectivity index (χ3v) is 2.14. The molecule has 2 aromatic rings. The van der Waals surface area contributed by atoms with Crippen LogP contribution in [-0.4, -0.2) is 15.3 Å². The minimum atomic E-state index is -0.685. The van der Waals surface area contributed by atoms with E-state index in [0.29, 0.717) is 5.52 Å². The van der Waals surface area contributed by atoms with Crippen molar-refractivity contribution in [2.24, 2.45) is 0 Å². The lowest BCUT2D eigenvalue weighted by molar-refractivity contribution is 0.107. The number of nitrogens with zero attached hydrogens (tertiary/aromatic N) is 1. The molecule has 0 saturated heterocycles. The van der Waals surface area contributed by atoms with Gasteiger partial charge >= 0.3 is 0 Å². The highest BCUT2D eigenvalue weighted by Crippen LogP contribution is 2.24. The summed E-state index contributed by atoms with van der Waals surface area (Å²) in [5, 5.41) is 9.53. The number of fused-ring (bicyclic) bond motifs is 1. The van der Waals surface area contributed by atoms with Gasteiger partial charge in [0.05, 0.1) is 11.1 Å². The Morgan fingerprint density at radius 1 is 1.43 bits per heavy atom. The summed E-state index contributed by atoms with van der Waals surface area (Å²) in [5.74, 6) is -0.120. The van der Waals surface area contributed by atoms with Gasteiger partial charge in [-0.15, -0.1) is 0 Å². The van der Waals surface area contributed by atoms with E-state index in [-0.39, 0.29) is 11.3 Å². The molecule has 3 nitrogen and oxygen atoms in total. The van der Waals surface area contributed by atoms with Crippen LogP contribution in [0.5, 0.6) is 5.75 Å². The standard InChI is InChI=1S/C10H6ClNO2/c11-10(14)7-5-8-6(4-9(7)13)2-1-3-12-8/h1-5,13H. The van der Waals surface area contributed by atoms with Crippen LogP contribution in [0.15, 0.2) is 30.5 Å². The smallest absolute Gasteiger partial charge is 0.256 e. The molecular formula is C10H6ClNO2. The van der Waals surface area contributed by atoms with E-state index < -0.39 is 5.24 Å². The van der Waals surface area contributed by atoms with Gasteiger partial charge in [0.15, 0.2) is 0 Å². The number of pyridine rings is 1. The van der Waals surface area contributed by atoms with Gasteiger partial charge in [0.25, 0.3) is 5.24 Å². The van der Waals surface area contributed by atoms with Gasteiger partial charge in [-0.2, -0.15) is 0 Å². The van der Waals surface area contributed by atoms with Crippen molar-refractivity contribution >= 4 is 27.7 Å². The molecule has 1 aromatic heterocycles. The number of carbonyl (C=O) groups is 1. The number of benzene rings is 1. The highest BCUT2D eigenvalue weighted by molar-refractivity contribution is 6.68. The molecule has 0 saturated carbocycles. The summed E-state index contributed by atoms with van der Waals surface area (Å²) in [5.41, 5.74) is 0.715. The number of hydrogen-bond acceptors (Lipinski definition) is 3. The fourth-order valence-corrected chi connectivity index (χ4v) is 1.42. The molecule has 2 rings (SSSR count). The molecule has 0 spiro atoms. The number of rotatable bonds is 1. The summed E-state index contributed by atoms with van der Waals surface area (Å²) >= 11 is 5.28. The molecule has 0 unspecified atom stereocenters. The first-order valence-electron chi connectivity index (χ1n) is 3.96. The molecule has 0 aliphatic rings. The third kappa shape index (κ3) is 1.42. The Morgan fingerprint density at radius 2 is 2.21 bits per heavy atom. The second kappa shape index (κ2) is 3.27. The van der Waals surface area contributed by atoms with Gasteiger partial charge in [-0.25, -0.2) is 0 Å². The van der Waals surface area contributed by atoms with Crippen LogP contribution in [0.2, 0.25) is 0 Å². The Bertz CT molecular complexity index is 510. The lowest BCUT2D eigenvalue weighted by Crippen LogP contribution is -1.90. The summed E-state index contributed by atoms with van der Waals surface area (Å²) in [6.45, 7) is 0. The second-order valence-corrected chi connectivity index (χ2v) is 3.18. The van der Waals surface area contributed by atoms with Gasteiger partial charge in [0.2, 0.25) is 0 Å². The van der Waals surface area contributed by atoms with E-state index in [9.17, 15) is 9.90 Å². The minimum Gasteiger partial charge on any atom is -0.507 e. The van der Waals surface area contributed by atoms with Gasteiger partial charge in [-0.05, 0) is 29.8 Å². The molecule has 0 bridgehead atoms. The Hall–Kier alpha value is -1.61. The van der Waals surface area contributed by atoms with Crippen LogP contribution in [0.4, 0.5) is 0 Å². The first-order chi connectivity index (χ1) is 6.68. The molecule has 0 aliphatic heterocycles. The maximum Gasteiger partial charge on any atom is 0.256 e. The summed E-state index contributed by atoms with van der Waals surface area (Å²) in [7, 11) is 0. The maximum atomic E-state index is 10.9. The predicted octanol–water partition coefficient (Wildman–Crippen LogP) is 2.32. The third-order valence-electron chi connectivity index (χ3n) is 1.93. The van der Waals surface area contributed by atoms with Crippen LogP contribution < -0.4 is 0 Å². The molecule has 70 valence electrons. The summed E-state index contributed by atoms with van der Waals surface area (Å²) in [4.78, 5) is 14.9. The van der Waals surface area contributed by atoms with Crippen molar-refractivity contribution in [3.05, 3.63) is 36.0 Å².